The second kappa shape index (κ2) is 9.81. The van der Waals surface area contributed by atoms with Crippen LogP contribution in [0.1, 0.15) is 25.7 Å². The van der Waals surface area contributed by atoms with E-state index >= 15 is 0 Å². The van der Waals surface area contributed by atoms with Gasteiger partial charge in [0.1, 0.15) is 5.69 Å². The summed E-state index contributed by atoms with van der Waals surface area (Å²) in [7, 11) is 2.12. The highest BCUT2D eigenvalue weighted by Gasteiger charge is 2.20. The first-order chi connectivity index (χ1) is 17.0. The zero-order valence-corrected chi connectivity index (χ0v) is 20.2. The van der Waals surface area contributed by atoms with Crippen LogP contribution in [0.4, 0.5) is 16.5 Å². The third-order valence-corrected chi connectivity index (χ3v) is 7.13. The third-order valence-electron chi connectivity index (χ3n) is 6.16. The Hall–Kier alpha value is -3.82. The summed E-state index contributed by atoms with van der Waals surface area (Å²) in [5, 5.41) is 4.72. The summed E-state index contributed by atoms with van der Waals surface area (Å²) < 4.78 is 0. The summed E-state index contributed by atoms with van der Waals surface area (Å²) >= 11 is 1.26. The van der Waals surface area contributed by atoms with E-state index < -0.39 is 5.91 Å². The Morgan fingerprint density at radius 2 is 1.83 bits per heavy atom. The molecule has 8 nitrogen and oxygen atoms in total. The predicted molar refractivity (Wildman–Crippen MR) is 140 cm³/mol. The Balaban J connectivity index is 1.31. The summed E-state index contributed by atoms with van der Waals surface area (Å²) in [5.74, 6) is -0.727. The number of hydrogen-bond donors (Lipinski definition) is 2. The fourth-order valence-electron chi connectivity index (χ4n) is 4.17. The average Bonchev–Trinajstić information content (AvgIpc) is 3.27. The van der Waals surface area contributed by atoms with E-state index in [1.807, 2.05) is 54.6 Å². The van der Waals surface area contributed by atoms with Crippen molar-refractivity contribution in [3.63, 3.8) is 0 Å². The van der Waals surface area contributed by atoms with Crippen molar-refractivity contribution in [3.05, 3.63) is 76.9 Å². The molecule has 3 N–H and O–H groups in total. The number of nitrogens with zero attached hydrogens (tertiary/aromatic N) is 4. The fraction of sp³-hybridized carbons (Fsp3) is 0.231. The monoisotopic (exact) mass is 486 g/mol. The smallest absolute Gasteiger partial charge is 0.268 e. The number of nitrogens with one attached hydrogen (secondary N) is 1. The molecule has 0 atom stereocenters. The van der Waals surface area contributed by atoms with Gasteiger partial charge in [-0.15, -0.1) is 11.3 Å². The van der Waals surface area contributed by atoms with Crippen molar-refractivity contribution in [1.82, 2.24) is 14.9 Å². The van der Waals surface area contributed by atoms with Gasteiger partial charge in [-0.05, 0) is 55.6 Å². The SMILES string of the molecule is CN1CCN(c2ccc(C(=O)Cc3sc(Nc4ccc5ncccc5c4)nc3C(N)=O)cc2)CC1. The van der Waals surface area contributed by atoms with Crippen molar-refractivity contribution in [2.75, 3.05) is 43.4 Å². The van der Waals surface area contributed by atoms with E-state index in [1.165, 1.54) is 11.3 Å². The average molecular weight is 487 g/mol. The van der Waals surface area contributed by atoms with Gasteiger partial charge in [0.15, 0.2) is 10.9 Å². The largest absolute Gasteiger partial charge is 0.369 e. The minimum absolute atomic E-state index is 0.0626. The minimum atomic E-state index is -0.648. The van der Waals surface area contributed by atoms with Gasteiger partial charge in [-0.25, -0.2) is 4.98 Å². The minimum Gasteiger partial charge on any atom is -0.369 e. The molecule has 2 aromatic heterocycles. The molecule has 0 aliphatic carbocycles. The number of primary amides is 1. The van der Waals surface area contributed by atoms with Crippen molar-refractivity contribution in [2.45, 2.75) is 6.42 Å². The molecule has 3 heterocycles. The molecule has 0 spiro atoms. The molecule has 1 aliphatic rings. The van der Waals surface area contributed by atoms with Crippen LogP contribution in [0.15, 0.2) is 60.8 Å². The number of Topliss-reactive ketones (excluding diaryl/α,β-unsaturated/α-hetero) is 1. The van der Waals surface area contributed by atoms with E-state index in [-0.39, 0.29) is 17.9 Å². The number of benzene rings is 2. The van der Waals surface area contributed by atoms with Crippen LogP contribution in [-0.4, -0.2) is 59.8 Å². The number of piperazine rings is 1. The number of hydrogen-bond acceptors (Lipinski definition) is 8. The highest BCUT2D eigenvalue weighted by molar-refractivity contribution is 7.16. The summed E-state index contributed by atoms with van der Waals surface area (Å²) in [6, 6.07) is 17.3. The molecule has 2 aromatic carbocycles. The van der Waals surface area contributed by atoms with E-state index in [0.29, 0.717) is 15.6 Å². The molecule has 0 unspecified atom stereocenters. The van der Waals surface area contributed by atoms with Crippen LogP contribution >= 0.6 is 11.3 Å². The summed E-state index contributed by atoms with van der Waals surface area (Å²) in [6.45, 7) is 3.98. The van der Waals surface area contributed by atoms with E-state index in [0.717, 1.165) is 48.5 Å². The van der Waals surface area contributed by atoms with Crippen LogP contribution in [-0.2, 0) is 6.42 Å². The maximum absolute atomic E-state index is 13.0. The molecule has 0 bridgehead atoms. The third kappa shape index (κ3) is 5.16. The summed E-state index contributed by atoms with van der Waals surface area (Å²) in [6.07, 6.45) is 1.81. The summed E-state index contributed by atoms with van der Waals surface area (Å²) in [4.78, 5) is 38.9. The number of amides is 1. The molecular formula is C26H26N6O2S. The van der Waals surface area contributed by atoms with E-state index in [2.05, 4.69) is 32.1 Å². The molecule has 9 heteroatoms. The zero-order valence-electron chi connectivity index (χ0n) is 19.4. The highest BCUT2D eigenvalue weighted by atomic mass is 32.1. The van der Waals surface area contributed by atoms with E-state index in [1.54, 1.807) is 6.20 Å². The van der Waals surface area contributed by atoms with E-state index in [4.69, 9.17) is 5.73 Å². The van der Waals surface area contributed by atoms with Crippen LogP contribution in [0.2, 0.25) is 0 Å². The lowest BCUT2D eigenvalue weighted by atomic mass is 10.1. The van der Waals surface area contributed by atoms with Gasteiger partial charge < -0.3 is 20.9 Å². The van der Waals surface area contributed by atoms with Crippen molar-refractivity contribution in [3.8, 4) is 0 Å². The van der Waals surface area contributed by atoms with Crippen molar-refractivity contribution in [2.24, 2.45) is 5.73 Å². The molecule has 5 rings (SSSR count). The number of nitrogens with two attached hydrogens (primary N) is 1. The quantitative estimate of drug-likeness (QED) is 0.384. The van der Waals surface area contributed by atoms with E-state index in [9.17, 15) is 9.59 Å². The Bertz CT molecular complexity index is 1380. The number of aromatic nitrogens is 2. The van der Waals surface area contributed by atoms with Crippen LogP contribution in [0.5, 0.6) is 0 Å². The molecule has 0 radical (unpaired) electrons. The standard InChI is InChI=1S/C26H26N6O2S/c1-31-11-13-32(14-12-31)20-7-4-17(5-8-20)22(33)16-23-24(25(27)34)30-26(35-23)29-19-6-9-21-18(15-19)3-2-10-28-21/h2-10,15H,11-14,16H2,1H3,(H2,27,34)(H,29,30). The number of pyridine rings is 1. The van der Waals surface area contributed by atoms with Crippen molar-refractivity contribution in [1.29, 1.82) is 0 Å². The Kier molecular flexibility index (Phi) is 6.43. The van der Waals surface area contributed by atoms with Gasteiger partial charge in [0, 0.05) is 66.0 Å². The number of ketones is 1. The fourth-order valence-corrected chi connectivity index (χ4v) is 5.15. The maximum atomic E-state index is 13.0. The van der Waals surface area contributed by atoms with Crippen molar-refractivity contribution >= 4 is 50.4 Å². The van der Waals surface area contributed by atoms with Crippen molar-refractivity contribution < 1.29 is 9.59 Å². The van der Waals surface area contributed by atoms with Crippen LogP contribution < -0.4 is 16.0 Å². The normalized spacial score (nSPS) is 14.3. The first-order valence-corrected chi connectivity index (χ1v) is 12.3. The molecular weight excluding hydrogens is 460 g/mol. The number of fused-ring (bicyclic) bond motifs is 1. The van der Waals surface area contributed by atoms with Gasteiger partial charge in [-0.1, -0.05) is 6.07 Å². The first kappa shape index (κ1) is 22.9. The number of carbonyl (C=O) groups is 2. The zero-order chi connectivity index (χ0) is 24.4. The Labute approximate surface area is 207 Å². The maximum Gasteiger partial charge on any atom is 0.268 e. The number of thiazole rings is 1. The molecule has 1 saturated heterocycles. The molecule has 35 heavy (non-hydrogen) atoms. The second-order valence-corrected chi connectivity index (χ2v) is 9.71. The van der Waals surface area contributed by atoms with Gasteiger partial charge in [0.25, 0.3) is 5.91 Å². The number of likely N-dealkylation sites (N-methyl/N-ethyl adjacent to an activating group) is 1. The van der Waals surface area contributed by atoms with Gasteiger partial charge >= 0.3 is 0 Å². The lowest BCUT2D eigenvalue weighted by molar-refractivity contribution is 0.0991. The highest BCUT2D eigenvalue weighted by Crippen LogP contribution is 2.29. The topological polar surface area (TPSA) is 104 Å². The Morgan fingerprint density at radius 3 is 2.57 bits per heavy atom. The number of rotatable bonds is 7. The molecule has 1 amide bonds. The predicted octanol–water partition coefficient (Wildman–Crippen LogP) is 3.71. The lowest BCUT2D eigenvalue weighted by Crippen LogP contribution is -2.44. The molecule has 1 fully saturated rings. The van der Waals surface area contributed by atoms with Gasteiger partial charge in [0.2, 0.25) is 0 Å². The molecule has 0 saturated carbocycles. The lowest BCUT2D eigenvalue weighted by Gasteiger charge is -2.34. The second-order valence-electron chi connectivity index (χ2n) is 8.63. The molecule has 178 valence electrons. The molecule has 4 aromatic rings. The summed E-state index contributed by atoms with van der Waals surface area (Å²) in [5.41, 5.74) is 9.11. The van der Waals surface area contributed by atoms with Gasteiger partial charge in [0.05, 0.1) is 5.52 Å². The number of carbonyl (C=O) groups excluding carboxylic acids is 2. The Morgan fingerprint density at radius 1 is 1.06 bits per heavy atom. The van der Waals surface area contributed by atoms with Gasteiger partial charge in [-0.2, -0.15) is 0 Å². The van der Waals surface area contributed by atoms with Gasteiger partial charge in [-0.3, -0.25) is 14.6 Å². The number of anilines is 3. The van der Waals surface area contributed by atoms with Crippen LogP contribution in [0.3, 0.4) is 0 Å². The van der Waals surface area contributed by atoms with Crippen LogP contribution in [0.25, 0.3) is 10.9 Å². The molecule has 1 aliphatic heterocycles. The van der Waals surface area contributed by atoms with Crippen LogP contribution in [0, 0.1) is 0 Å². The first-order valence-electron chi connectivity index (χ1n) is 11.4.